The van der Waals surface area contributed by atoms with Crippen molar-refractivity contribution in [2.24, 2.45) is 0 Å². The first-order valence-electron chi connectivity index (χ1n) is 12.5. The minimum Gasteiger partial charge on any atom is -0.456 e. The minimum absolute atomic E-state index is 0.384. The summed E-state index contributed by atoms with van der Waals surface area (Å²) >= 11 is 0. The van der Waals surface area contributed by atoms with E-state index >= 15 is 0 Å². The van der Waals surface area contributed by atoms with E-state index in [0.29, 0.717) is 0 Å². The molecular weight excluding hydrogens is 443 g/mol. The van der Waals surface area contributed by atoms with E-state index in [9.17, 15) is 0 Å². The molecule has 0 bridgehead atoms. The SMILES string of the molecule is CC1(C)OB(c2ccc3oc4cc(-c5cccc6ccccc56)c5ccccc5c4c3c2)OC1(C)C. The zero-order valence-corrected chi connectivity index (χ0v) is 21.0. The molecule has 2 heterocycles. The Balaban J connectivity index is 1.48. The molecule has 0 N–H and O–H groups in total. The molecule has 1 fully saturated rings. The standard InChI is InChI=1S/C32H27BO3/c1-31(2)32(3,4)36-33(35-31)21-16-17-28-27(18-21)30-25-14-8-7-13-24(25)26(19-29(30)34-28)23-15-9-11-20-10-5-6-12-22(20)23/h5-19H,1-4H3. The van der Waals surface area contributed by atoms with Gasteiger partial charge < -0.3 is 13.7 Å². The van der Waals surface area contributed by atoms with E-state index in [1.165, 1.54) is 32.7 Å². The Morgan fingerprint density at radius 2 is 1.22 bits per heavy atom. The van der Waals surface area contributed by atoms with Crippen LogP contribution in [0.1, 0.15) is 27.7 Å². The van der Waals surface area contributed by atoms with Crippen molar-refractivity contribution < 1.29 is 13.7 Å². The van der Waals surface area contributed by atoms with Crippen molar-refractivity contribution >= 4 is 56.1 Å². The molecule has 176 valence electrons. The number of hydrogen-bond donors (Lipinski definition) is 0. The van der Waals surface area contributed by atoms with Gasteiger partial charge in [-0.1, -0.05) is 78.9 Å². The topological polar surface area (TPSA) is 31.6 Å². The molecule has 7 rings (SSSR count). The average Bonchev–Trinajstić information content (AvgIpc) is 3.35. The third-order valence-corrected chi connectivity index (χ3v) is 8.11. The van der Waals surface area contributed by atoms with Crippen LogP contribution in [-0.4, -0.2) is 18.3 Å². The smallest absolute Gasteiger partial charge is 0.456 e. The van der Waals surface area contributed by atoms with Crippen LogP contribution in [0.4, 0.5) is 0 Å². The van der Waals surface area contributed by atoms with Gasteiger partial charge >= 0.3 is 7.12 Å². The second-order valence-corrected chi connectivity index (χ2v) is 10.8. The molecule has 0 radical (unpaired) electrons. The normalized spacial score (nSPS) is 17.1. The van der Waals surface area contributed by atoms with Gasteiger partial charge in [0.15, 0.2) is 0 Å². The highest BCUT2D eigenvalue weighted by Gasteiger charge is 2.51. The Morgan fingerprint density at radius 1 is 0.556 bits per heavy atom. The lowest BCUT2D eigenvalue weighted by Gasteiger charge is -2.32. The summed E-state index contributed by atoms with van der Waals surface area (Å²) in [5.74, 6) is 0. The summed E-state index contributed by atoms with van der Waals surface area (Å²) in [6.45, 7) is 8.34. The second-order valence-electron chi connectivity index (χ2n) is 10.8. The van der Waals surface area contributed by atoms with Crippen molar-refractivity contribution in [3.63, 3.8) is 0 Å². The highest BCUT2D eigenvalue weighted by molar-refractivity contribution is 6.62. The fourth-order valence-electron chi connectivity index (χ4n) is 5.47. The molecular formula is C32H27BO3. The summed E-state index contributed by atoms with van der Waals surface area (Å²) in [7, 11) is -0.412. The van der Waals surface area contributed by atoms with Crippen LogP contribution >= 0.6 is 0 Å². The first-order chi connectivity index (χ1) is 17.3. The zero-order valence-electron chi connectivity index (χ0n) is 21.0. The summed E-state index contributed by atoms with van der Waals surface area (Å²) in [4.78, 5) is 0. The van der Waals surface area contributed by atoms with Gasteiger partial charge in [-0.15, -0.1) is 0 Å². The molecule has 0 atom stereocenters. The molecule has 36 heavy (non-hydrogen) atoms. The van der Waals surface area contributed by atoms with Gasteiger partial charge in [-0.2, -0.15) is 0 Å². The van der Waals surface area contributed by atoms with Gasteiger partial charge in [0.2, 0.25) is 0 Å². The maximum Gasteiger partial charge on any atom is 0.494 e. The molecule has 0 unspecified atom stereocenters. The Labute approximate surface area is 210 Å². The first kappa shape index (κ1) is 21.7. The highest BCUT2D eigenvalue weighted by Crippen LogP contribution is 2.42. The third-order valence-electron chi connectivity index (χ3n) is 8.11. The van der Waals surface area contributed by atoms with Crippen molar-refractivity contribution in [1.82, 2.24) is 0 Å². The van der Waals surface area contributed by atoms with Gasteiger partial charge in [-0.25, -0.2) is 0 Å². The molecule has 0 spiro atoms. The zero-order chi connectivity index (χ0) is 24.7. The number of rotatable bonds is 2. The quantitative estimate of drug-likeness (QED) is 0.242. The molecule has 6 aromatic rings. The highest BCUT2D eigenvalue weighted by atomic mass is 16.7. The van der Waals surface area contributed by atoms with Crippen molar-refractivity contribution in [2.75, 3.05) is 0 Å². The maximum absolute atomic E-state index is 6.45. The van der Waals surface area contributed by atoms with Crippen molar-refractivity contribution in [2.45, 2.75) is 38.9 Å². The molecule has 0 aliphatic carbocycles. The van der Waals surface area contributed by atoms with Crippen LogP contribution < -0.4 is 5.46 Å². The van der Waals surface area contributed by atoms with E-state index in [1.807, 2.05) is 6.07 Å². The van der Waals surface area contributed by atoms with Gasteiger partial charge in [0.25, 0.3) is 0 Å². The number of fused-ring (bicyclic) bond motifs is 6. The van der Waals surface area contributed by atoms with Crippen molar-refractivity contribution in [3.8, 4) is 11.1 Å². The first-order valence-corrected chi connectivity index (χ1v) is 12.5. The van der Waals surface area contributed by atoms with E-state index in [4.69, 9.17) is 13.7 Å². The maximum atomic E-state index is 6.45. The van der Waals surface area contributed by atoms with Crippen LogP contribution in [0.2, 0.25) is 0 Å². The molecule has 1 aliphatic rings. The molecule has 1 aromatic heterocycles. The van der Waals surface area contributed by atoms with Crippen LogP contribution in [0.15, 0.2) is 95.4 Å². The summed E-state index contributed by atoms with van der Waals surface area (Å²) in [6.07, 6.45) is 0. The second kappa shape index (κ2) is 7.46. The van der Waals surface area contributed by atoms with E-state index in [-0.39, 0.29) is 11.2 Å². The van der Waals surface area contributed by atoms with Crippen LogP contribution in [0.5, 0.6) is 0 Å². The lowest BCUT2D eigenvalue weighted by molar-refractivity contribution is 0.00578. The molecule has 0 amide bonds. The lowest BCUT2D eigenvalue weighted by atomic mass is 9.78. The summed E-state index contributed by atoms with van der Waals surface area (Å²) in [6, 6.07) is 32.1. The van der Waals surface area contributed by atoms with E-state index in [2.05, 4.69) is 113 Å². The third kappa shape index (κ3) is 3.08. The van der Waals surface area contributed by atoms with Crippen LogP contribution in [0.3, 0.4) is 0 Å². The van der Waals surface area contributed by atoms with Crippen LogP contribution in [-0.2, 0) is 9.31 Å². The Bertz CT molecular complexity index is 1790. The number of hydrogen-bond acceptors (Lipinski definition) is 3. The van der Waals surface area contributed by atoms with Gasteiger partial charge in [0.1, 0.15) is 11.2 Å². The van der Waals surface area contributed by atoms with Gasteiger partial charge in [-0.05, 0) is 78.0 Å². The lowest BCUT2D eigenvalue weighted by Crippen LogP contribution is -2.41. The minimum atomic E-state index is -0.412. The predicted molar refractivity (Wildman–Crippen MR) is 150 cm³/mol. The van der Waals surface area contributed by atoms with E-state index in [0.717, 1.165) is 27.4 Å². The molecule has 1 saturated heterocycles. The monoisotopic (exact) mass is 470 g/mol. The number of benzene rings is 5. The Kier molecular flexibility index (Phi) is 4.49. The molecule has 0 saturated carbocycles. The average molecular weight is 470 g/mol. The van der Waals surface area contributed by atoms with Crippen LogP contribution in [0.25, 0.3) is 54.6 Å². The van der Waals surface area contributed by atoms with E-state index < -0.39 is 7.12 Å². The Morgan fingerprint density at radius 3 is 2.00 bits per heavy atom. The van der Waals surface area contributed by atoms with E-state index in [1.54, 1.807) is 0 Å². The summed E-state index contributed by atoms with van der Waals surface area (Å²) in [5, 5.41) is 7.08. The molecule has 4 heteroatoms. The molecule has 3 nitrogen and oxygen atoms in total. The van der Waals surface area contributed by atoms with Gasteiger partial charge in [0, 0.05) is 10.8 Å². The fourth-order valence-corrected chi connectivity index (χ4v) is 5.47. The van der Waals surface area contributed by atoms with Gasteiger partial charge in [-0.3, -0.25) is 0 Å². The van der Waals surface area contributed by atoms with Crippen molar-refractivity contribution in [3.05, 3.63) is 91.0 Å². The van der Waals surface area contributed by atoms with Crippen molar-refractivity contribution in [1.29, 1.82) is 0 Å². The predicted octanol–water partition coefficient (Wildman–Crippen LogP) is 7.86. The van der Waals surface area contributed by atoms with Gasteiger partial charge in [0.05, 0.1) is 11.2 Å². The molecule has 5 aromatic carbocycles. The largest absolute Gasteiger partial charge is 0.494 e. The summed E-state index contributed by atoms with van der Waals surface area (Å²) in [5.41, 5.74) is 4.38. The summed E-state index contributed by atoms with van der Waals surface area (Å²) < 4.78 is 19.1. The number of furan rings is 1. The molecule has 1 aliphatic heterocycles. The Hall–Kier alpha value is -3.60. The van der Waals surface area contributed by atoms with Crippen LogP contribution in [0, 0.1) is 0 Å². The fraction of sp³-hybridized carbons (Fsp3) is 0.188.